The van der Waals surface area contributed by atoms with Crippen LogP contribution in [0.3, 0.4) is 0 Å². The topological polar surface area (TPSA) is 95.0 Å². The van der Waals surface area contributed by atoms with Crippen molar-refractivity contribution < 1.29 is 19.0 Å². The molecule has 0 radical (unpaired) electrons. The van der Waals surface area contributed by atoms with Crippen molar-refractivity contribution >= 4 is 35.8 Å². The number of halogens is 2. The average molecular weight is 494 g/mol. The highest BCUT2D eigenvalue weighted by Crippen LogP contribution is 2.31. The number of aliphatic hydroxyl groups excluding tert-OH is 1. The Morgan fingerprint density at radius 3 is 2.67 bits per heavy atom. The summed E-state index contributed by atoms with van der Waals surface area (Å²) < 4.78 is 19.0. The summed E-state index contributed by atoms with van der Waals surface area (Å²) in [4.78, 5) is 16.1. The molecule has 152 valence electrons. The van der Waals surface area contributed by atoms with Gasteiger partial charge in [-0.15, -0.1) is 24.0 Å². The number of amides is 1. The fourth-order valence-electron chi connectivity index (χ4n) is 2.90. The Balaban J connectivity index is 0.00000364. The smallest absolute Gasteiger partial charge is 0.254 e. The lowest BCUT2D eigenvalue weighted by molar-refractivity contribution is 0.0950. The van der Waals surface area contributed by atoms with E-state index in [1.807, 2.05) is 0 Å². The Morgan fingerprint density at radius 1 is 1.30 bits per heavy atom. The summed E-state index contributed by atoms with van der Waals surface area (Å²) in [6.45, 7) is 2.88. The summed E-state index contributed by atoms with van der Waals surface area (Å²) in [5, 5.41) is 18.3. The molecule has 27 heavy (non-hydrogen) atoms. The fourth-order valence-corrected chi connectivity index (χ4v) is 2.90. The van der Waals surface area contributed by atoms with Crippen molar-refractivity contribution in [1.82, 2.24) is 16.0 Å². The summed E-state index contributed by atoms with van der Waals surface area (Å²) in [6.07, 6.45) is 1.58. The number of aliphatic imine (C=N–C) groups is 1. The maximum Gasteiger partial charge on any atom is 0.254 e. The van der Waals surface area contributed by atoms with E-state index in [4.69, 9.17) is 4.74 Å². The molecule has 7 nitrogen and oxygen atoms in total. The van der Waals surface area contributed by atoms with Gasteiger partial charge in [-0.2, -0.15) is 0 Å². The van der Waals surface area contributed by atoms with Crippen molar-refractivity contribution in [3.8, 4) is 0 Å². The number of rotatable bonds is 8. The molecule has 0 aliphatic carbocycles. The predicted octanol–water partition coefficient (Wildman–Crippen LogP) is 1.13. The number of hydrogen-bond acceptors (Lipinski definition) is 4. The van der Waals surface area contributed by atoms with Crippen LogP contribution in [0.5, 0.6) is 0 Å². The molecular weight excluding hydrogens is 466 g/mol. The highest BCUT2D eigenvalue weighted by Gasteiger charge is 2.34. The van der Waals surface area contributed by atoms with Gasteiger partial charge in [0.2, 0.25) is 0 Å². The molecule has 0 aromatic heterocycles. The third-order valence-corrected chi connectivity index (χ3v) is 4.50. The molecule has 1 aliphatic heterocycles. The van der Waals surface area contributed by atoms with E-state index in [1.165, 1.54) is 12.1 Å². The van der Waals surface area contributed by atoms with E-state index in [2.05, 4.69) is 20.9 Å². The molecule has 2 rings (SSSR count). The van der Waals surface area contributed by atoms with E-state index in [1.54, 1.807) is 19.2 Å². The van der Waals surface area contributed by atoms with Crippen molar-refractivity contribution in [2.45, 2.75) is 12.8 Å². The molecular formula is C18H28FIN4O3. The second-order valence-corrected chi connectivity index (χ2v) is 6.36. The maximum absolute atomic E-state index is 13.5. The second-order valence-electron chi connectivity index (χ2n) is 6.36. The van der Waals surface area contributed by atoms with Gasteiger partial charge in [-0.3, -0.25) is 9.79 Å². The molecule has 1 aromatic rings. The summed E-state index contributed by atoms with van der Waals surface area (Å²) >= 11 is 0. The van der Waals surface area contributed by atoms with Gasteiger partial charge < -0.3 is 25.8 Å². The van der Waals surface area contributed by atoms with Gasteiger partial charge in [-0.1, -0.05) is 12.1 Å². The van der Waals surface area contributed by atoms with Gasteiger partial charge in [-0.25, -0.2) is 4.39 Å². The van der Waals surface area contributed by atoms with Crippen LogP contribution >= 0.6 is 24.0 Å². The van der Waals surface area contributed by atoms with Crippen LogP contribution in [0.25, 0.3) is 0 Å². The summed E-state index contributed by atoms with van der Waals surface area (Å²) in [6, 6.07) is 5.87. The Morgan fingerprint density at radius 2 is 2.04 bits per heavy atom. The summed E-state index contributed by atoms with van der Waals surface area (Å²) in [5.41, 5.74) is -0.0482. The lowest BCUT2D eigenvalue weighted by Gasteiger charge is -2.27. The van der Waals surface area contributed by atoms with Gasteiger partial charge in [0.25, 0.3) is 5.91 Å². The SMILES string of the molecule is CN=C(NCCNC(=O)c1ccccc1F)NCC1(CCO)CCOC1.I. The summed E-state index contributed by atoms with van der Waals surface area (Å²) in [5.74, 6) is -0.379. The van der Waals surface area contributed by atoms with E-state index in [9.17, 15) is 14.3 Å². The third kappa shape index (κ3) is 7.23. The third-order valence-electron chi connectivity index (χ3n) is 4.50. The summed E-state index contributed by atoms with van der Waals surface area (Å²) in [7, 11) is 1.66. The van der Waals surface area contributed by atoms with Gasteiger partial charge in [0.15, 0.2) is 5.96 Å². The molecule has 1 heterocycles. The first-order chi connectivity index (χ1) is 12.6. The Bertz CT molecular complexity index is 624. The average Bonchev–Trinajstić information content (AvgIpc) is 3.10. The first-order valence-corrected chi connectivity index (χ1v) is 8.76. The molecule has 0 spiro atoms. The predicted molar refractivity (Wildman–Crippen MR) is 113 cm³/mol. The van der Waals surface area contributed by atoms with Crippen molar-refractivity contribution in [2.24, 2.45) is 10.4 Å². The Kier molecular flexibility index (Phi) is 10.6. The highest BCUT2D eigenvalue weighted by atomic mass is 127. The van der Waals surface area contributed by atoms with Crippen molar-refractivity contribution in [1.29, 1.82) is 0 Å². The van der Waals surface area contributed by atoms with Crippen molar-refractivity contribution in [2.75, 3.05) is 46.5 Å². The quantitative estimate of drug-likeness (QED) is 0.188. The van der Waals surface area contributed by atoms with Crippen LogP contribution in [0, 0.1) is 11.2 Å². The number of carbonyl (C=O) groups is 1. The Hall–Kier alpha value is -1.46. The molecule has 0 saturated carbocycles. The molecule has 1 atom stereocenters. The number of guanidine groups is 1. The standard InChI is InChI=1S/C18H27FN4O3.HI/c1-20-17(23-12-18(6-10-24)7-11-26-13-18)22-9-8-21-16(25)14-4-2-3-5-15(14)19;/h2-5,24H,6-13H2,1H3,(H,21,25)(H2,20,22,23);1H. The second kappa shape index (κ2) is 12.1. The van der Waals surface area contributed by atoms with Crippen LogP contribution in [-0.2, 0) is 4.74 Å². The lowest BCUT2D eigenvalue weighted by atomic mass is 9.84. The number of ether oxygens (including phenoxy) is 1. The number of hydrogen-bond donors (Lipinski definition) is 4. The van der Waals surface area contributed by atoms with E-state index in [-0.39, 0.29) is 41.6 Å². The number of benzene rings is 1. The van der Waals surface area contributed by atoms with Crippen molar-refractivity contribution in [3.05, 3.63) is 35.6 Å². The van der Waals surface area contributed by atoms with Crippen LogP contribution in [0.1, 0.15) is 23.2 Å². The van der Waals surface area contributed by atoms with Gasteiger partial charge >= 0.3 is 0 Å². The fraction of sp³-hybridized carbons (Fsp3) is 0.556. The molecule has 1 aromatic carbocycles. The maximum atomic E-state index is 13.5. The van der Waals surface area contributed by atoms with Crippen LogP contribution in [0.4, 0.5) is 4.39 Å². The monoisotopic (exact) mass is 494 g/mol. The zero-order valence-electron chi connectivity index (χ0n) is 15.5. The molecule has 1 aliphatic rings. The largest absolute Gasteiger partial charge is 0.396 e. The van der Waals surface area contributed by atoms with E-state index < -0.39 is 11.7 Å². The molecule has 4 N–H and O–H groups in total. The number of nitrogens with zero attached hydrogens (tertiary/aromatic N) is 1. The molecule has 1 saturated heterocycles. The Labute approximate surface area is 176 Å². The number of nitrogens with one attached hydrogen (secondary N) is 3. The minimum absolute atomic E-state index is 0. The molecule has 9 heteroatoms. The molecule has 0 bridgehead atoms. The molecule has 1 unspecified atom stereocenters. The minimum Gasteiger partial charge on any atom is -0.396 e. The lowest BCUT2D eigenvalue weighted by Crippen LogP contribution is -2.46. The minimum atomic E-state index is -0.539. The van der Waals surface area contributed by atoms with Gasteiger partial charge in [0.05, 0.1) is 12.2 Å². The van der Waals surface area contributed by atoms with Crippen LogP contribution in [-0.4, -0.2) is 63.5 Å². The van der Waals surface area contributed by atoms with Gasteiger partial charge in [0.1, 0.15) is 5.82 Å². The van der Waals surface area contributed by atoms with Crippen LogP contribution < -0.4 is 16.0 Å². The zero-order valence-corrected chi connectivity index (χ0v) is 17.8. The van der Waals surface area contributed by atoms with Crippen molar-refractivity contribution in [3.63, 3.8) is 0 Å². The van der Waals surface area contributed by atoms with Gasteiger partial charge in [0, 0.05) is 45.3 Å². The van der Waals surface area contributed by atoms with Crippen LogP contribution in [0.15, 0.2) is 29.3 Å². The molecule has 1 amide bonds. The van der Waals surface area contributed by atoms with E-state index in [0.717, 1.165) is 6.42 Å². The normalized spacial score (nSPS) is 19.3. The zero-order chi connectivity index (χ0) is 18.8. The van der Waals surface area contributed by atoms with E-state index >= 15 is 0 Å². The first-order valence-electron chi connectivity index (χ1n) is 8.76. The number of aliphatic hydroxyl groups is 1. The van der Waals surface area contributed by atoms with Gasteiger partial charge in [-0.05, 0) is 25.0 Å². The van der Waals surface area contributed by atoms with Crippen LogP contribution in [0.2, 0.25) is 0 Å². The first kappa shape index (κ1) is 23.6. The highest BCUT2D eigenvalue weighted by molar-refractivity contribution is 14.0. The molecule has 1 fully saturated rings. The number of carbonyl (C=O) groups excluding carboxylic acids is 1. The van der Waals surface area contributed by atoms with E-state index in [0.29, 0.717) is 45.2 Å².